The molecule has 1 aliphatic carbocycles. The minimum absolute atomic E-state index is 0.490. The number of fused-ring (bicyclic) bond motifs is 2. The van der Waals surface area contributed by atoms with E-state index in [1.807, 2.05) is 23.0 Å². The van der Waals surface area contributed by atoms with E-state index in [0.717, 1.165) is 35.1 Å². The van der Waals surface area contributed by atoms with Crippen LogP contribution in [0.5, 0.6) is 0 Å². The second-order valence-electron chi connectivity index (χ2n) is 5.25. The van der Waals surface area contributed by atoms with Gasteiger partial charge in [-0.05, 0) is 37.0 Å². The topological polar surface area (TPSA) is 56.7 Å². The quantitative estimate of drug-likeness (QED) is 0.773. The maximum absolute atomic E-state index is 5.91. The molecule has 0 spiro atoms. The van der Waals surface area contributed by atoms with Gasteiger partial charge in [0.2, 0.25) is 0 Å². The lowest BCUT2D eigenvalue weighted by Crippen LogP contribution is -2.10. The van der Waals surface area contributed by atoms with E-state index < -0.39 is 0 Å². The first kappa shape index (κ1) is 11.6. The molecule has 0 fully saturated rings. The lowest BCUT2D eigenvalue weighted by molar-refractivity contribution is 0.831. The third kappa shape index (κ3) is 1.65. The van der Waals surface area contributed by atoms with Crippen molar-refractivity contribution in [3.8, 4) is 5.82 Å². The van der Waals surface area contributed by atoms with Crippen molar-refractivity contribution in [2.24, 2.45) is 5.73 Å². The first-order chi connectivity index (χ1) is 9.86. The fourth-order valence-electron chi connectivity index (χ4n) is 2.98. The van der Waals surface area contributed by atoms with Crippen LogP contribution in [0.25, 0.3) is 16.7 Å². The maximum atomic E-state index is 5.91. The molecule has 2 N–H and O–H groups in total. The average molecular weight is 264 g/mol. The molecule has 1 aromatic carbocycles. The van der Waals surface area contributed by atoms with Gasteiger partial charge in [-0.3, -0.25) is 0 Å². The maximum Gasteiger partial charge on any atom is 0.158 e. The van der Waals surface area contributed by atoms with Gasteiger partial charge in [0.05, 0.1) is 11.7 Å². The Hall–Kier alpha value is -2.20. The van der Waals surface area contributed by atoms with Crippen LogP contribution in [0.2, 0.25) is 0 Å². The molecule has 100 valence electrons. The largest absolute Gasteiger partial charge is 0.326 e. The summed E-state index contributed by atoms with van der Waals surface area (Å²) in [5, 5.41) is 5.62. The van der Waals surface area contributed by atoms with Crippen molar-refractivity contribution in [1.29, 1.82) is 0 Å². The standard InChI is InChI=1S/C16H16N4/c17-9-13-8-11-5-3-6-14(11)19-16(13)20-15-7-2-1-4-12(15)10-18-20/h1-2,4,7-8,10H,3,5-6,9,17H2. The molecule has 4 heteroatoms. The lowest BCUT2D eigenvalue weighted by Gasteiger charge is -2.11. The molecule has 0 unspecified atom stereocenters. The average Bonchev–Trinajstić information content (AvgIpc) is 3.11. The molecule has 0 amide bonds. The molecule has 20 heavy (non-hydrogen) atoms. The summed E-state index contributed by atoms with van der Waals surface area (Å²) in [7, 11) is 0. The fraction of sp³-hybridized carbons (Fsp3) is 0.250. The summed E-state index contributed by atoms with van der Waals surface area (Å²) in [5.74, 6) is 0.884. The number of hydrogen-bond donors (Lipinski definition) is 1. The van der Waals surface area contributed by atoms with E-state index in [1.54, 1.807) is 0 Å². The second-order valence-corrected chi connectivity index (χ2v) is 5.25. The fourth-order valence-corrected chi connectivity index (χ4v) is 2.98. The molecule has 0 saturated carbocycles. The van der Waals surface area contributed by atoms with Crippen LogP contribution in [0.1, 0.15) is 23.2 Å². The van der Waals surface area contributed by atoms with Crippen LogP contribution in [-0.4, -0.2) is 14.8 Å². The molecule has 0 atom stereocenters. The second kappa shape index (κ2) is 4.42. The molecular weight excluding hydrogens is 248 g/mol. The van der Waals surface area contributed by atoms with E-state index in [4.69, 9.17) is 10.7 Å². The van der Waals surface area contributed by atoms with E-state index in [2.05, 4.69) is 23.3 Å². The van der Waals surface area contributed by atoms with Gasteiger partial charge in [-0.1, -0.05) is 18.2 Å². The summed E-state index contributed by atoms with van der Waals surface area (Å²) >= 11 is 0. The summed E-state index contributed by atoms with van der Waals surface area (Å²) in [6.45, 7) is 0.490. The number of para-hydroxylation sites is 1. The van der Waals surface area contributed by atoms with Crippen molar-refractivity contribution >= 4 is 10.9 Å². The number of rotatable bonds is 2. The molecule has 3 aromatic rings. The Kier molecular flexibility index (Phi) is 2.57. The SMILES string of the molecule is NCc1cc2c(nc1-n1ncc3ccccc31)CCC2. The molecule has 0 bridgehead atoms. The van der Waals surface area contributed by atoms with Crippen LogP contribution in [0.15, 0.2) is 36.5 Å². The van der Waals surface area contributed by atoms with Gasteiger partial charge in [0.25, 0.3) is 0 Å². The van der Waals surface area contributed by atoms with E-state index in [1.165, 1.54) is 17.7 Å². The highest BCUT2D eigenvalue weighted by atomic mass is 15.3. The minimum atomic E-state index is 0.490. The van der Waals surface area contributed by atoms with Crippen LogP contribution in [0, 0.1) is 0 Å². The van der Waals surface area contributed by atoms with Gasteiger partial charge >= 0.3 is 0 Å². The van der Waals surface area contributed by atoms with Gasteiger partial charge in [0.1, 0.15) is 0 Å². The van der Waals surface area contributed by atoms with Crippen LogP contribution >= 0.6 is 0 Å². The number of aromatic nitrogens is 3. The van der Waals surface area contributed by atoms with Crippen molar-refractivity contribution in [3.05, 3.63) is 53.3 Å². The Balaban J connectivity index is 1.97. The number of pyridine rings is 1. The number of benzene rings is 1. The van der Waals surface area contributed by atoms with E-state index in [-0.39, 0.29) is 0 Å². The molecular formula is C16H16N4. The number of nitrogens with zero attached hydrogens (tertiary/aromatic N) is 3. The molecule has 2 heterocycles. The van der Waals surface area contributed by atoms with Crippen molar-refractivity contribution < 1.29 is 0 Å². The summed E-state index contributed by atoms with van der Waals surface area (Å²) in [6.07, 6.45) is 5.25. The predicted molar refractivity (Wildman–Crippen MR) is 78.8 cm³/mol. The summed E-state index contributed by atoms with van der Waals surface area (Å²) in [5.41, 5.74) is 10.6. The zero-order valence-electron chi connectivity index (χ0n) is 11.2. The Labute approximate surface area is 117 Å². The van der Waals surface area contributed by atoms with Gasteiger partial charge < -0.3 is 5.73 Å². The molecule has 0 aliphatic heterocycles. The number of nitrogens with two attached hydrogens (primary N) is 1. The van der Waals surface area contributed by atoms with Crippen molar-refractivity contribution in [1.82, 2.24) is 14.8 Å². The zero-order chi connectivity index (χ0) is 13.5. The molecule has 0 radical (unpaired) electrons. The van der Waals surface area contributed by atoms with Crippen molar-refractivity contribution in [3.63, 3.8) is 0 Å². The minimum Gasteiger partial charge on any atom is -0.326 e. The molecule has 1 aliphatic rings. The van der Waals surface area contributed by atoms with Crippen LogP contribution in [0.3, 0.4) is 0 Å². The molecule has 4 rings (SSSR count). The van der Waals surface area contributed by atoms with Crippen LogP contribution < -0.4 is 5.73 Å². The Morgan fingerprint density at radius 2 is 2.10 bits per heavy atom. The molecule has 4 nitrogen and oxygen atoms in total. The van der Waals surface area contributed by atoms with Crippen molar-refractivity contribution in [2.75, 3.05) is 0 Å². The first-order valence-electron chi connectivity index (χ1n) is 7.01. The third-order valence-corrected chi connectivity index (χ3v) is 4.00. The third-order valence-electron chi connectivity index (χ3n) is 4.00. The van der Waals surface area contributed by atoms with Gasteiger partial charge in [-0.2, -0.15) is 5.10 Å². The predicted octanol–water partition coefficient (Wildman–Crippen LogP) is 2.37. The van der Waals surface area contributed by atoms with Crippen LogP contribution in [-0.2, 0) is 19.4 Å². The highest BCUT2D eigenvalue weighted by Gasteiger charge is 2.18. The van der Waals surface area contributed by atoms with Gasteiger partial charge in [0, 0.05) is 23.2 Å². The normalized spacial score (nSPS) is 13.8. The molecule has 0 saturated heterocycles. The van der Waals surface area contributed by atoms with E-state index >= 15 is 0 Å². The van der Waals surface area contributed by atoms with Crippen LogP contribution in [0.4, 0.5) is 0 Å². The van der Waals surface area contributed by atoms with Gasteiger partial charge in [-0.15, -0.1) is 0 Å². The lowest BCUT2D eigenvalue weighted by atomic mass is 10.1. The first-order valence-corrected chi connectivity index (χ1v) is 7.01. The Morgan fingerprint density at radius 3 is 3.00 bits per heavy atom. The summed E-state index contributed by atoms with van der Waals surface area (Å²) in [4.78, 5) is 4.84. The Morgan fingerprint density at radius 1 is 1.20 bits per heavy atom. The summed E-state index contributed by atoms with van der Waals surface area (Å²) in [6, 6.07) is 10.4. The van der Waals surface area contributed by atoms with Crippen molar-refractivity contribution in [2.45, 2.75) is 25.8 Å². The zero-order valence-corrected chi connectivity index (χ0v) is 11.2. The van der Waals surface area contributed by atoms with Gasteiger partial charge in [0.15, 0.2) is 5.82 Å². The van der Waals surface area contributed by atoms with E-state index in [0.29, 0.717) is 6.54 Å². The molecule has 2 aromatic heterocycles. The number of hydrogen-bond acceptors (Lipinski definition) is 3. The highest BCUT2D eigenvalue weighted by Crippen LogP contribution is 2.26. The summed E-state index contributed by atoms with van der Waals surface area (Å²) < 4.78 is 1.91. The number of aryl methyl sites for hydroxylation is 2. The highest BCUT2D eigenvalue weighted by molar-refractivity contribution is 5.80. The monoisotopic (exact) mass is 264 g/mol. The Bertz CT molecular complexity index is 788. The van der Waals surface area contributed by atoms with E-state index in [9.17, 15) is 0 Å². The smallest absolute Gasteiger partial charge is 0.158 e. The van der Waals surface area contributed by atoms with Gasteiger partial charge in [-0.25, -0.2) is 9.67 Å².